The Morgan fingerprint density at radius 1 is 1.26 bits per heavy atom. The first kappa shape index (κ1) is 28.1. The normalized spacial score (nSPS) is 18.0. The number of pyridine rings is 1. The van der Waals surface area contributed by atoms with Gasteiger partial charge >= 0.3 is 6.18 Å². The van der Waals surface area contributed by atoms with E-state index in [2.05, 4.69) is 20.3 Å². The summed E-state index contributed by atoms with van der Waals surface area (Å²) in [6.07, 6.45) is -3.61. The van der Waals surface area contributed by atoms with Crippen LogP contribution in [0.15, 0.2) is 24.5 Å². The molecular weight excluding hydrogens is 475 g/mol. The molecule has 0 aliphatic carbocycles. The molecule has 0 spiro atoms. The SMILES string of the molecule is CC.COC1CC(COc2cccnc2C(F)(F)F)CN(c2cnc(C=N)c(NCC(F)F)n2)C1. The molecule has 2 aromatic heterocycles. The molecule has 194 valence electrons. The monoisotopic (exact) mass is 504 g/mol. The van der Waals surface area contributed by atoms with Crippen molar-refractivity contribution in [2.75, 3.05) is 43.6 Å². The van der Waals surface area contributed by atoms with Crippen molar-refractivity contribution in [3.8, 4) is 5.75 Å². The van der Waals surface area contributed by atoms with E-state index >= 15 is 0 Å². The highest BCUT2D eigenvalue weighted by Gasteiger charge is 2.37. The highest BCUT2D eigenvalue weighted by molar-refractivity contribution is 5.81. The summed E-state index contributed by atoms with van der Waals surface area (Å²) < 4.78 is 75.7. The Hall–Kier alpha value is -3.09. The van der Waals surface area contributed by atoms with Gasteiger partial charge in [-0.25, -0.2) is 23.7 Å². The standard InChI is InChI=1S/C20H23F5N6O2.C2H6/c1-32-13-5-12(11-33-15-3-2-4-27-18(15)20(23,24)25)9-31(10-13)17-8-28-14(6-26)19(30-17)29-7-16(21)22;1-2/h2-4,6,8,12-13,16,26H,5,7,9-11H2,1H3,(H,29,30);1-2H3. The van der Waals surface area contributed by atoms with Crippen LogP contribution in [0.25, 0.3) is 0 Å². The number of nitrogens with one attached hydrogen (secondary N) is 2. The van der Waals surface area contributed by atoms with Gasteiger partial charge in [-0.1, -0.05) is 13.8 Å². The minimum absolute atomic E-state index is 0.0202. The molecule has 2 aromatic rings. The molecule has 8 nitrogen and oxygen atoms in total. The second-order valence-electron chi connectivity index (χ2n) is 7.40. The van der Waals surface area contributed by atoms with E-state index in [4.69, 9.17) is 14.9 Å². The number of aromatic nitrogens is 3. The molecule has 0 aromatic carbocycles. The molecule has 13 heteroatoms. The van der Waals surface area contributed by atoms with E-state index in [0.717, 1.165) is 12.4 Å². The summed E-state index contributed by atoms with van der Waals surface area (Å²) in [5.41, 5.74) is -0.986. The molecule has 2 unspecified atom stereocenters. The number of anilines is 2. The van der Waals surface area contributed by atoms with Crippen LogP contribution in [-0.4, -0.2) is 67.0 Å². The Balaban J connectivity index is 0.00000210. The van der Waals surface area contributed by atoms with Crippen LogP contribution < -0.4 is 15.0 Å². The topological polar surface area (TPSA) is 96.3 Å². The van der Waals surface area contributed by atoms with Gasteiger partial charge in [0.1, 0.15) is 17.3 Å². The van der Waals surface area contributed by atoms with Crippen molar-refractivity contribution < 1.29 is 31.4 Å². The molecule has 1 aliphatic rings. The maximum Gasteiger partial charge on any atom is 0.437 e. The zero-order chi connectivity index (χ0) is 26.0. The minimum atomic E-state index is -4.64. The van der Waals surface area contributed by atoms with Gasteiger partial charge in [-0.15, -0.1) is 0 Å². The summed E-state index contributed by atoms with van der Waals surface area (Å²) in [6, 6.07) is 2.58. The number of rotatable bonds is 9. The fraction of sp³-hybridized carbons (Fsp3) is 0.545. The van der Waals surface area contributed by atoms with E-state index in [1.54, 1.807) is 4.90 Å². The largest absolute Gasteiger partial charge is 0.491 e. The molecule has 0 amide bonds. The van der Waals surface area contributed by atoms with E-state index < -0.39 is 24.8 Å². The zero-order valence-electron chi connectivity index (χ0n) is 19.6. The average molecular weight is 505 g/mol. The molecule has 1 fully saturated rings. The maximum absolute atomic E-state index is 13.2. The van der Waals surface area contributed by atoms with Gasteiger partial charge in [0.05, 0.1) is 25.5 Å². The molecule has 1 saturated heterocycles. The van der Waals surface area contributed by atoms with Crippen molar-refractivity contribution in [1.82, 2.24) is 15.0 Å². The van der Waals surface area contributed by atoms with Crippen LogP contribution in [0.5, 0.6) is 5.75 Å². The fourth-order valence-electron chi connectivity index (χ4n) is 3.51. The third-order valence-electron chi connectivity index (χ3n) is 5.02. The third-order valence-corrected chi connectivity index (χ3v) is 5.02. The molecule has 3 rings (SSSR count). The summed E-state index contributed by atoms with van der Waals surface area (Å²) in [4.78, 5) is 13.6. The van der Waals surface area contributed by atoms with Gasteiger partial charge in [0.15, 0.2) is 11.5 Å². The van der Waals surface area contributed by atoms with E-state index in [9.17, 15) is 22.0 Å². The second-order valence-corrected chi connectivity index (χ2v) is 7.40. The van der Waals surface area contributed by atoms with Crippen molar-refractivity contribution in [1.29, 1.82) is 5.41 Å². The Labute approximate surface area is 200 Å². The van der Waals surface area contributed by atoms with Crippen molar-refractivity contribution in [3.63, 3.8) is 0 Å². The van der Waals surface area contributed by atoms with Crippen LogP contribution in [0.1, 0.15) is 31.7 Å². The summed E-state index contributed by atoms with van der Waals surface area (Å²) in [5.74, 6) is -0.168. The van der Waals surface area contributed by atoms with Gasteiger partial charge in [0.2, 0.25) is 0 Å². The van der Waals surface area contributed by atoms with E-state index in [-0.39, 0.29) is 35.9 Å². The van der Waals surface area contributed by atoms with Crippen LogP contribution in [0, 0.1) is 11.3 Å². The molecule has 2 atom stereocenters. The number of ether oxygens (including phenoxy) is 2. The minimum Gasteiger partial charge on any atom is -0.491 e. The lowest BCUT2D eigenvalue weighted by Gasteiger charge is -2.37. The van der Waals surface area contributed by atoms with Gasteiger partial charge < -0.3 is 25.1 Å². The number of methoxy groups -OCH3 is 1. The smallest absolute Gasteiger partial charge is 0.437 e. The van der Waals surface area contributed by atoms with Crippen molar-refractivity contribution in [2.24, 2.45) is 5.92 Å². The number of piperidine rings is 1. The molecule has 1 aliphatic heterocycles. The summed E-state index contributed by atoms with van der Waals surface area (Å²) in [6.45, 7) is 4.12. The van der Waals surface area contributed by atoms with E-state index in [1.165, 1.54) is 25.4 Å². The third kappa shape index (κ3) is 7.98. The van der Waals surface area contributed by atoms with Crippen LogP contribution >= 0.6 is 0 Å². The molecular formula is C22H29F5N6O2. The predicted octanol–water partition coefficient (Wildman–Crippen LogP) is 4.51. The lowest BCUT2D eigenvalue weighted by molar-refractivity contribution is -0.142. The Bertz CT molecular complexity index is 947. The molecule has 2 N–H and O–H groups in total. The van der Waals surface area contributed by atoms with Gasteiger partial charge in [-0.2, -0.15) is 13.2 Å². The summed E-state index contributed by atoms with van der Waals surface area (Å²) >= 11 is 0. The molecule has 35 heavy (non-hydrogen) atoms. The number of alkyl halides is 5. The molecule has 0 saturated carbocycles. The van der Waals surface area contributed by atoms with Gasteiger partial charge in [-0.05, 0) is 18.6 Å². The molecule has 3 heterocycles. The van der Waals surface area contributed by atoms with Crippen LogP contribution in [0.2, 0.25) is 0 Å². The van der Waals surface area contributed by atoms with Crippen LogP contribution in [0.4, 0.5) is 33.6 Å². The van der Waals surface area contributed by atoms with Gasteiger partial charge in [0, 0.05) is 38.5 Å². The summed E-state index contributed by atoms with van der Waals surface area (Å²) in [5, 5.41) is 9.86. The Kier molecular flexibility index (Phi) is 10.6. The van der Waals surface area contributed by atoms with Gasteiger partial charge in [0.25, 0.3) is 6.43 Å². The highest BCUT2D eigenvalue weighted by atomic mass is 19.4. The van der Waals surface area contributed by atoms with E-state index in [1.807, 2.05) is 13.8 Å². The predicted molar refractivity (Wildman–Crippen MR) is 122 cm³/mol. The van der Waals surface area contributed by atoms with Crippen molar-refractivity contribution >= 4 is 17.9 Å². The molecule has 0 bridgehead atoms. The maximum atomic E-state index is 13.2. The average Bonchev–Trinajstić information content (AvgIpc) is 2.86. The van der Waals surface area contributed by atoms with Crippen LogP contribution in [0.3, 0.4) is 0 Å². The number of nitrogens with zero attached hydrogens (tertiary/aromatic N) is 4. The first-order chi connectivity index (χ1) is 16.7. The number of hydrogen-bond acceptors (Lipinski definition) is 8. The number of hydrogen-bond donors (Lipinski definition) is 2. The highest BCUT2D eigenvalue weighted by Crippen LogP contribution is 2.34. The second kappa shape index (κ2) is 13.1. The van der Waals surface area contributed by atoms with Crippen molar-refractivity contribution in [2.45, 2.75) is 39.0 Å². The molecule has 0 radical (unpaired) electrons. The first-order valence-electron chi connectivity index (χ1n) is 11.0. The van der Waals surface area contributed by atoms with Gasteiger partial charge in [-0.3, -0.25) is 0 Å². The lowest BCUT2D eigenvalue weighted by Crippen LogP contribution is -2.46. The zero-order valence-corrected chi connectivity index (χ0v) is 19.6. The van der Waals surface area contributed by atoms with Crippen LogP contribution in [-0.2, 0) is 10.9 Å². The lowest BCUT2D eigenvalue weighted by atomic mass is 9.96. The fourth-order valence-corrected chi connectivity index (χ4v) is 3.51. The number of halogens is 5. The quantitative estimate of drug-likeness (QED) is 0.383. The van der Waals surface area contributed by atoms with Crippen molar-refractivity contribution in [3.05, 3.63) is 35.9 Å². The Morgan fingerprint density at radius 2 is 2.00 bits per heavy atom. The van der Waals surface area contributed by atoms with E-state index in [0.29, 0.717) is 25.3 Å². The summed E-state index contributed by atoms with van der Waals surface area (Å²) in [7, 11) is 1.52. The Morgan fingerprint density at radius 3 is 2.63 bits per heavy atom. The first-order valence-corrected chi connectivity index (χ1v) is 11.0.